The highest BCUT2D eigenvalue weighted by molar-refractivity contribution is 7.89. The van der Waals surface area contributed by atoms with E-state index < -0.39 is 33.6 Å². The van der Waals surface area contributed by atoms with Gasteiger partial charge in [0.1, 0.15) is 17.2 Å². The first kappa shape index (κ1) is 25.7. The molecule has 0 amide bonds. The molecule has 13 heteroatoms. The number of anilines is 1. The molecule has 3 aromatic heterocycles. The van der Waals surface area contributed by atoms with Crippen LogP contribution in [0.3, 0.4) is 0 Å². The number of aromatic nitrogens is 3. The molecule has 198 valence electrons. The van der Waals surface area contributed by atoms with Gasteiger partial charge in [0.15, 0.2) is 5.78 Å². The standard InChI is InChI=1S/C25H22F3N5O4S/c1-37-23-18-8-10-29-24(18)31-13-19(23)15-2-5-17(6-3-15)38(35,36)33-11-9-20(21(34)14-33)32-22-7-4-16(12-30-22)25(26,27)28/h2-8,10,12-13,20H,9,11,14H2,1H3,(H,29,31)(H,30,32)/t20-/m1/s1. The number of Topliss-reactive ketones (excluding diaryl/α,β-unsaturated/α-hetero) is 1. The zero-order valence-electron chi connectivity index (χ0n) is 20.0. The largest absolute Gasteiger partial charge is 0.495 e. The van der Waals surface area contributed by atoms with E-state index >= 15 is 0 Å². The highest BCUT2D eigenvalue weighted by atomic mass is 32.2. The van der Waals surface area contributed by atoms with E-state index in [1.807, 2.05) is 6.07 Å². The molecule has 5 rings (SSSR count). The molecular formula is C25H22F3N5O4S. The molecule has 4 aromatic rings. The number of ketones is 1. The van der Waals surface area contributed by atoms with Crippen LogP contribution >= 0.6 is 0 Å². The molecule has 0 bridgehead atoms. The Morgan fingerprint density at radius 2 is 1.84 bits per heavy atom. The van der Waals surface area contributed by atoms with Gasteiger partial charge in [-0.3, -0.25) is 4.79 Å². The first-order valence-corrected chi connectivity index (χ1v) is 12.9. The zero-order chi connectivity index (χ0) is 27.1. The Hall–Kier alpha value is -3.97. The number of piperidine rings is 1. The molecule has 1 aliphatic rings. The van der Waals surface area contributed by atoms with Crippen LogP contribution in [-0.4, -0.2) is 59.7 Å². The number of nitrogens with zero attached hydrogens (tertiary/aromatic N) is 3. The van der Waals surface area contributed by atoms with Crippen molar-refractivity contribution in [3.63, 3.8) is 0 Å². The van der Waals surface area contributed by atoms with Crippen LogP contribution in [0.25, 0.3) is 22.2 Å². The number of rotatable bonds is 6. The minimum absolute atomic E-state index is 0.0273. The molecule has 9 nitrogen and oxygen atoms in total. The van der Waals surface area contributed by atoms with Gasteiger partial charge in [0, 0.05) is 30.7 Å². The predicted molar refractivity (Wildman–Crippen MR) is 133 cm³/mol. The van der Waals surface area contributed by atoms with Crippen LogP contribution in [0.2, 0.25) is 0 Å². The number of carbonyl (C=O) groups excluding carboxylic acids is 1. The van der Waals surface area contributed by atoms with Crippen LogP contribution in [-0.2, 0) is 21.0 Å². The van der Waals surface area contributed by atoms with Gasteiger partial charge in [0.2, 0.25) is 10.0 Å². The van der Waals surface area contributed by atoms with Gasteiger partial charge in [0.25, 0.3) is 0 Å². The number of halogens is 3. The highest BCUT2D eigenvalue weighted by Gasteiger charge is 2.35. The number of hydrogen-bond donors (Lipinski definition) is 2. The summed E-state index contributed by atoms with van der Waals surface area (Å²) in [7, 11) is -2.41. The van der Waals surface area contributed by atoms with Gasteiger partial charge in [-0.15, -0.1) is 0 Å². The van der Waals surface area contributed by atoms with E-state index in [4.69, 9.17) is 4.74 Å². The molecule has 2 N–H and O–H groups in total. The number of ether oxygens (including phenoxy) is 1. The number of benzene rings is 1. The second-order valence-electron chi connectivity index (χ2n) is 8.69. The third-order valence-corrected chi connectivity index (χ3v) is 8.20. The number of H-pyrrole nitrogens is 1. The predicted octanol–water partition coefficient (Wildman–Crippen LogP) is 4.10. The van der Waals surface area contributed by atoms with Crippen molar-refractivity contribution in [1.82, 2.24) is 19.3 Å². The molecule has 1 atom stereocenters. The summed E-state index contributed by atoms with van der Waals surface area (Å²) < 4.78 is 71.3. The molecule has 0 radical (unpaired) electrons. The second-order valence-corrected chi connectivity index (χ2v) is 10.6. The van der Waals surface area contributed by atoms with Gasteiger partial charge >= 0.3 is 6.18 Å². The van der Waals surface area contributed by atoms with Crippen LogP contribution < -0.4 is 10.1 Å². The third-order valence-electron chi connectivity index (χ3n) is 6.35. The van der Waals surface area contributed by atoms with E-state index in [-0.39, 0.29) is 30.2 Å². The molecular weight excluding hydrogens is 523 g/mol. The van der Waals surface area contributed by atoms with Gasteiger partial charge in [0.05, 0.1) is 35.5 Å². The van der Waals surface area contributed by atoms with Crippen molar-refractivity contribution in [2.75, 3.05) is 25.5 Å². The van der Waals surface area contributed by atoms with Crippen molar-refractivity contribution in [2.45, 2.75) is 23.5 Å². The molecule has 1 aliphatic heterocycles. The molecule has 0 saturated carbocycles. The van der Waals surface area contributed by atoms with Crippen molar-refractivity contribution in [1.29, 1.82) is 0 Å². The fourth-order valence-electron chi connectivity index (χ4n) is 4.34. The monoisotopic (exact) mass is 545 g/mol. The maximum Gasteiger partial charge on any atom is 0.417 e. The molecule has 0 spiro atoms. The molecule has 1 fully saturated rings. The summed E-state index contributed by atoms with van der Waals surface area (Å²) in [6, 6.07) is 9.31. The van der Waals surface area contributed by atoms with Gasteiger partial charge in [-0.05, 0) is 42.3 Å². The van der Waals surface area contributed by atoms with Crippen LogP contribution in [0.1, 0.15) is 12.0 Å². The molecule has 38 heavy (non-hydrogen) atoms. The number of aromatic amines is 1. The van der Waals surface area contributed by atoms with E-state index in [0.29, 0.717) is 28.7 Å². The maximum atomic E-state index is 13.2. The molecule has 1 aromatic carbocycles. The number of alkyl halides is 3. The Morgan fingerprint density at radius 1 is 1.08 bits per heavy atom. The Balaban J connectivity index is 1.29. The van der Waals surface area contributed by atoms with E-state index in [1.165, 1.54) is 12.1 Å². The quantitative estimate of drug-likeness (QED) is 0.375. The summed E-state index contributed by atoms with van der Waals surface area (Å²) in [5.74, 6) is 0.300. The normalized spacial score (nSPS) is 17.1. The van der Waals surface area contributed by atoms with Crippen molar-refractivity contribution in [2.24, 2.45) is 0 Å². The van der Waals surface area contributed by atoms with Gasteiger partial charge in [-0.2, -0.15) is 17.5 Å². The molecule has 4 heterocycles. The number of pyridine rings is 2. The van der Waals surface area contributed by atoms with Crippen LogP contribution in [0.4, 0.5) is 19.0 Å². The van der Waals surface area contributed by atoms with Crippen molar-refractivity contribution in [3.05, 3.63) is 66.6 Å². The Kier molecular flexibility index (Phi) is 6.57. The lowest BCUT2D eigenvalue weighted by molar-refractivity contribution is -0.137. The SMILES string of the molecule is COc1c(-c2ccc(S(=O)(=O)N3CC[C@@H](Nc4ccc(C(F)(F)F)cn4)C(=O)C3)cc2)cnc2[nH]ccc12. The zero-order valence-corrected chi connectivity index (χ0v) is 20.8. The Labute approximate surface area is 215 Å². The fourth-order valence-corrected chi connectivity index (χ4v) is 5.77. The Bertz CT molecular complexity index is 1590. The third kappa shape index (κ3) is 4.82. The lowest BCUT2D eigenvalue weighted by Crippen LogP contribution is -2.49. The first-order valence-electron chi connectivity index (χ1n) is 11.5. The van der Waals surface area contributed by atoms with Crippen molar-refractivity contribution in [3.8, 4) is 16.9 Å². The van der Waals surface area contributed by atoms with Gasteiger partial charge < -0.3 is 15.0 Å². The summed E-state index contributed by atoms with van der Waals surface area (Å²) in [6.45, 7) is -0.319. The average Bonchev–Trinajstić information content (AvgIpc) is 3.38. The summed E-state index contributed by atoms with van der Waals surface area (Å²) in [4.78, 5) is 23.8. The van der Waals surface area contributed by atoms with E-state index in [2.05, 4.69) is 20.3 Å². The van der Waals surface area contributed by atoms with Gasteiger partial charge in [-0.25, -0.2) is 18.4 Å². The summed E-state index contributed by atoms with van der Waals surface area (Å²) >= 11 is 0. The van der Waals surface area contributed by atoms with Crippen LogP contribution in [0.15, 0.2) is 66.0 Å². The first-order chi connectivity index (χ1) is 18.1. The summed E-state index contributed by atoms with van der Waals surface area (Å²) in [5.41, 5.74) is 1.17. The van der Waals surface area contributed by atoms with Crippen molar-refractivity contribution >= 4 is 32.7 Å². The number of hydrogen-bond acceptors (Lipinski definition) is 7. The van der Waals surface area contributed by atoms with Crippen molar-refractivity contribution < 1.29 is 31.1 Å². The smallest absolute Gasteiger partial charge is 0.417 e. The lowest BCUT2D eigenvalue weighted by Gasteiger charge is -2.30. The molecule has 0 unspecified atom stereocenters. The van der Waals surface area contributed by atoms with E-state index in [9.17, 15) is 26.4 Å². The molecule has 0 aliphatic carbocycles. The van der Waals surface area contributed by atoms with E-state index in [0.717, 1.165) is 21.8 Å². The fraction of sp³-hybridized carbons (Fsp3) is 0.240. The van der Waals surface area contributed by atoms with E-state index in [1.54, 1.807) is 31.6 Å². The highest BCUT2D eigenvalue weighted by Crippen LogP contribution is 2.36. The number of carbonyl (C=O) groups is 1. The minimum Gasteiger partial charge on any atom is -0.495 e. The number of fused-ring (bicyclic) bond motifs is 1. The average molecular weight is 546 g/mol. The summed E-state index contributed by atoms with van der Waals surface area (Å²) in [5, 5.41) is 3.59. The lowest BCUT2D eigenvalue weighted by atomic mass is 10.1. The maximum absolute atomic E-state index is 13.2. The number of nitrogens with one attached hydrogen (secondary N) is 2. The van der Waals surface area contributed by atoms with Gasteiger partial charge in [-0.1, -0.05) is 12.1 Å². The molecule has 1 saturated heterocycles. The van der Waals surface area contributed by atoms with Crippen LogP contribution in [0.5, 0.6) is 5.75 Å². The minimum atomic E-state index is -4.52. The second kappa shape index (κ2) is 9.72. The number of sulfonamides is 1. The Morgan fingerprint density at radius 3 is 2.47 bits per heavy atom. The topological polar surface area (TPSA) is 117 Å². The summed E-state index contributed by atoms with van der Waals surface area (Å²) in [6.07, 6.45) is -0.308. The van der Waals surface area contributed by atoms with Crippen LogP contribution in [0, 0.1) is 0 Å². The number of methoxy groups -OCH3 is 1.